The van der Waals surface area contributed by atoms with Gasteiger partial charge >= 0.3 is 36.4 Å². The van der Waals surface area contributed by atoms with Crippen molar-refractivity contribution in [1.82, 2.24) is 14.9 Å². The van der Waals surface area contributed by atoms with E-state index in [2.05, 4.69) is 31.9 Å². The van der Waals surface area contributed by atoms with Gasteiger partial charge in [0.2, 0.25) is 0 Å². The number of hydrogen-bond donors (Lipinski definition) is 3. The van der Waals surface area contributed by atoms with E-state index in [1.165, 1.54) is 16.7 Å². The van der Waals surface area contributed by atoms with Gasteiger partial charge in [-0.15, -0.1) is 0 Å². The van der Waals surface area contributed by atoms with Crippen LogP contribution in [0.1, 0.15) is 16.7 Å². The molecule has 20 heteroatoms. The summed E-state index contributed by atoms with van der Waals surface area (Å²) in [4.78, 5) is 40.4. The predicted molar refractivity (Wildman–Crippen MR) is 133 cm³/mol. The first-order chi connectivity index (χ1) is 20.7. The minimum absolute atomic E-state index is 0.831. The fraction of sp³-hybridized carbons (Fsp3) is 0.320. The monoisotopic (exact) mass is 662 g/mol. The predicted octanol–water partition coefficient (Wildman–Crippen LogP) is 4.99. The zero-order valence-electron chi connectivity index (χ0n) is 22.5. The maximum Gasteiger partial charge on any atom is 0.490 e. The molecule has 4 heterocycles. The van der Waals surface area contributed by atoms with Crippen molar-refractivity contribution >= 4 is 23.7 Å². The first kappa shape index (κ1) is 38.1. The molecule has 4 rings (SSSR count). The minimum Gasteiger partial charge on any atom is -0.475 e. The van der Waals surface area contributed by atoms with Crippen molar-refractivity contribution in [1.29, 1.82) is 0 Å². The number of aliphatic carboxylic acids is 3. The van der Waals surface area contributed by atoms with Crippen LogP contribution in [0.15, 0.2) is 65.9 Å². The summed E-state index contributed by atoms with van der Waals surface area (Å²) in [5.74, 6) is -7.19. The Labute approximate surface area is 247 Å². The van der Waals surface area contributed by atoms with E-state index in [-0.39, 0.29) is 0 Å². The van der Waals surface area contributed by atoms with Crippen LogP contribution in [-0.4, -0.2) is 79.7 Å². The van der Waals surface area contributed by atoms with Gasteiger partial charge in [0.05, 0.1) is 12.5 Å². The van der Waals surface area contributed by atoms with Crippen LogP contribution in [0.25, 0.3) is 0 Å². The second-order valence-corrected chi connectivity index (χ2v) is 8.52. The van der Waals surface area contributed by atoms with Gasteiger partial charge in [0.25, 0.3) is 0 Å². The Bertz CT molecular complexity index is 1290. The highest BCUT2D eigenvalue weighted by atomic mass is 19.4. The molecule has 11 nitrogen and oxygen atoms in total. The number of alkyl halides is 9. The highest BCUT2D eigenvalue weighted by Crippen LogP contribution is 2.25. The van der Waals surface area contributed by atoms with Gasteiger partial charge in [-0.3, -0.25) is 9.88 Å². The van der Waals surface area contributed by atoms with Crippen LogP contribution in [0.3, 0.4) is 0 Å². The van der Waals surface area contributed by atoms with Crippen LogP contribution in [0.4, 0.5) is 45.3 Å². The molecule has 248 valence electrons. The Kier molecular flexibility index (Phi) is 14.3. The topological polar surface area (TPSA) is 157 Å². The fourth-order valence-corrected chi connectivity index (χ4v) is 3.17. The molecule has 0 aromatic carbocycles. The standard InChI is InChI=1S/C19H20N4O.3C2HF3O2/c1-3-16(11-20-6-1)13-23-9-8-22(12-17-5-10-24-15-17)14-18-4-2-7-21-19(18)23;3*3-2(4,5)1(6)7/h1-7,10-11,15H,8-9,12-14H2;3*(H,6,7). The van der Waals surface area contributed by atoms with Crippen molar-refractivity contribution in [2.75, 3.05) is 18.0 Å². The number of aromatic nitrogens is 2. The fourth-order valence-electron chi connectivity index (χ4n) is 3.17. The molecule has 0 atom stereocenters. The molecule has 0 amide bonds. The van der Waals surface area contributed by atoms with Gasteiger partial charge in [-0.05, 0) is 23.8 Å². The zero-order valence-corrected chi connectivity index (χ0v) is 22.5. The lowest BCUT2D eigenvalue weighted by Crippen LogP contribution is -2.31. The van der Waals surface area contributed by atoms with Crippen molar-refractivity contribution in [3.8, 4) is 0 Å². The van der Waals surface area contributed by atoms with Crippen LogP contribution in [0, 0.1) is 0 Å². The van der Waals surface area contributed by atoms with E-state index in [9.17, 15) is 39.5 Å². The van der Waals surface area contributed by atoms with Gasteiger partial charge in [-0.25, -0.2) is 19.4 Å². The van der Waals surface area contributed by atoms with Crippen LogP contribution >= 0.6 is 0 Å². The number of carboxylic acid groups (broad SMARTS) is 3. The van der Waals surface area contributed by atoms with Crippen LogP contribution < -0.4 is 4.90 Å². The maximum atomic E-state index is 10.6. The average Bonchev–Trinajstić information content (AvgIpc) is 3.38. The van der Waals surface area contributed by atoms with Crippen molar-refractivity contribution in [3.05, 3.63) is 78.1 Å². The molecule has 1 aliphatic heterocycles. The molecule has 0 unspecified atom stereocenters. The summed E-state index contributed by atoms with van der Waals surface area (Å²) in [6, 6.07) is 10.3. The van der Waals surface area contributed by atoms with E-state index in [0.717, 1.165) is 38.5 Å². The number of rotatable bonds is 4. The first-order valence-corrected chi connectivity index (χ1v) is 11.9. The second-order valence-electron chi connectivity index (χ2n) is 8.52. The summed E-state index contributed by atoms with van der Waals surface area (Å²) >= 11 is 0. The third kappa shape index (κ3) is 14.9. The summed E-state index contributed by atoms with van der Waals surface area (Å²) in [6.45, 7) is 4.55. The highest BCUT2D eigenvalue weighted by molar-refractivity contribution is 5.73. The number of halogens is 9. The lowest BCUT2D eigenvalue weighted by atomic mass is 10.2. The van der Waals surface area contributed by atoms with Crippen molar-refractivity contribution in [2.45, 2.75) is 38.2 Å². The van der Waals surface area contributed by atoms with Crippen molar-refractivity contribution in [2.24, 2.45) is 0 Å². The quantitative estimate of drug-likeness (QED) is 0.324. The van der Waals surface area contributed by atoms with Crippen LogP contribution in [0.5, 0.6) is 0 Å². The van der Waals surface area contributed by atoms with E-state index >= 15 is 0 Å². The number of carbonyl (C=O) groups is 3. The van der Waals surface area contributed by atoms with E-state index < -0.39 is 36.4 Å². The van der Waals surface area contributed by atoms with Crippen molar-refractivity contribution in [3.63, 3.8) is 0 Å². The molecule has 45 heavy (non-hydrogen) atoms. The number of anilines is 1. The lowest BCUT2D eigenvalue weighted by Gasteiger charge is -2.23. The third-order valence-corrected chi connectivity index (χ3v) is 5.06. The average molecular weight is 662 g/mol. The van der Waals surface area contributed by atoms with Gasteiger partial charge in [-0.2, -0.15) is 39.5 Å². The number of furan rings is 1. The number of carboxylic acids is 3. The third-order valence-electron chi connectivity index (χ3n) is 5.06. The minimum atomic E-state index is -5.08. The molecule has 0 radical (unpaired) electrons. The molecule has 3 N–H and O–H groups in total. The number of pyridine rings is 2. The summed E-state index contributed by atoms with van der Waals surface area (Å²) in [5.41, 5.74) is 3.68. The molecule has 3 aromatic heterocycles. The van der Waals surface area contributed by atoms with E-state index in [0.29, 0.717) is 0 Å². The SMILES string of the molecule is O=C(O)C(F)(F)F.O=C(O)C(F)(F)F.O=C(O)C(F)(F)F.c1cncc(CN2CCN(Cc3ccoc3)Cc3cccnc32)c1. The summed E-state index contributed by atoms with van der Waals surface area (Å²) in [6.07, 6.45) is -6.08. The normalized spacial score (nSPS) is 13.3. The van der Waals surface area contributed by atoms with Gasteiger partial charge in [0.1, 0.15) is 5.82 Å². The Morgan fingerprint density at radius 2 is 1.29 bits per heavy atom. The van der Waals surface area contributed by atoms with E-state index in [1.807, 2.05) is 43.1 Å². The molecular weight excluding hydrogens is 639 g/mol. The van der Waals surface area contributed by atoms with Gasteiger partial charge < -0.3 is 24.6 Å². The van der Waals surface area contributed by atoms with E-state index in [4.69, 9.17) is 34.1 Å². The molecular formula is C25H23F9N4O7. The Hall–Kier alpha value is -4.88. The molecule has 0 bridgehead atoms. The maximum absolute atomic E-state index is 10.6. The Morgan fingerprint density at radius 1 is 0.756 bits per heavy atom. The molecule has 0 aliphatic carbocycles. The van der Waals surface area contributed by atoms with Crippen LogP contribution in [-0.2, 0) is 34.0 Å². The molecule has 1 aliphatic rings. The summed E-state index contributed by atoms with van der Waals surface area (Å²) < 4.78 is 100. The van der Waals surface area contributed by atoms with Crippen molar-refractivity contribution < 1.29 is 73.6 Å². The molecule has 0 spiro atoms. The Morgan fingerprint density at radius 3 is 1.73 bits per heavy atom. The number of hydrogen-bond acceptors (Lipinski definition) is 8. The molecule has 0 saturated heterocycles. The summed E-state index contributed by atoms with van der Waals surface area (Å²) in [5, 5.41) is 21.4. The zero-order chi connectivity index (χ0) is 34.4. The summed E-state index contributed by atoms with van der Waals surface area (Å²) in [7, 11) is 0. The Balaban J connectivity index is 0.000000396. The van der Waals surface area contributed by atoms with Gasteiger partial charge in [-0.1, -0.05) is 12.1 Å². The second kappa shape index (κ2) is 16.8. The highest BCUT2D eigenvalue weighted by Gasteiger charge is 2.39. The van der Waals surface area contributed by atoms with Crippen LogP contribution in [0.2, 0.25) is 0 Å². The van der Waals surface area contributed by atoms with Gasteiger partial charge in [0, 0.05) is 62.4 Å². The smallest absolute Gasteiger partial charge is 0.475 e. The van der Waals surface area contributed by atoms with E-state index in [1.54, 1.807) is 6.26 Å². The molecule has 0 saturated carbocycles. The molecule has 3 aromatic rings. The first-order valence-electron chi connectivity index (χ1n) is 11.9. The largest absolute Gasteiger partial charge is 0.490 e. The number of fused-ring (bicyclic) bond motifs is 1. The number of nitrogens with zero attached hydrogens (tertiary/aromatic N) is 4. The lowest BCUT2D eigenvalue weighted by molar-refractivity contribution is -0.193. The molecule has 0 fully saturated rings. The van der Waals surface area contributed by atoms with Gasteiger partial charge in [0.15, 0.2) is 0 Å².